The number of rotatable bonds is 6. The SMILES string of the molecule is CCOc1cccc([C@H]2C(C(=O)OCc3ccccc3)=C(C)NC3=C2C(=O)CC(C)(C)C3)c1. The van der Waals surface area contributed by atoms with E-state index in [1.165, 1.54) is 0 Å². The van der Waals surface area contributed by atoms with E-state index in [2.05, 4.69) is 19.2 Å². The Bertz CT molecular complexity index is 1130. The van der Waals surface area contributed by atoms with Crippen LogP contribution in [0, 0.1) is 5.41 Å². The molecule has 0 aromatic heterocycles. The number of nitrogens with one attached hydrogen (secondary N) is 1. The fraction of sp³-hybridized carbons (Fsp3) is 0.357. The third kappa shape index (κ3) is 4.87. The molecule has 1 heterocycles. The maximum Gasteiger partial charge on any atom is 0.337 e. The molecule has 0 spiro atoms. The predicted octanol–water partition coefficient (Wildman–Crippen LogP) is 5.43. The van der Waals surface area contributed by atoms with Crippen LogP contribution >= 0.6 is 0 Å². The minimum absolute atomic E-state index is 0.0708. The molecule has 5 heteroatoms. The van der Waals surface area contributed by atoms with Crippen molar-refractivity contribution in [2.45, 2.75) is 53.1 Å². The lowest BCUT2D eigenvalue weighted by Gasteiger charge is -2.39. The van der Waals surface area contributed by atoms with E-state index in [4.69, 9.17) is 9.47 Å². The topological polar surface area (TPSA) is 64.6 Å². The Balaban J connectivity index is 1.75. The van der Waals surface area contributed by atoms with Gasteiger partial charge in [0.05, 0.1) is 12.2 Å². The first-order chi connectivity index (χ1) is 15.8. The standard InChI is InChI=1S/C28H31NO4/c1-5-32-21-13-9-12-20(14-21)25-24(27(31)33-17-19-10-7-6-8-11-19)18(2)29-22-15-28(3,4)16-23(30)26(22)25/h6-14,25,29H,5,15-17H2,1-4H3/t25-/m0/s1. The fourth-order valence-corrected chi connectivity index (χ4v) is 4.79. The van der Waals surface area contributed by atoms with Gasteiger partial charge in [-0.15, -0.1) is 0 Å². The highest BCUT2D eigenvalue weighted by Gasteiger charge is 2.43. The average molecular weight is 446 g/mol. The van der Waals surface area contributed by atoms with Crippen LogP contribution in [0.25, 0.3) is 0 Å². The van der Waals surface area contributed by atoms with Crippen molar-refractivity contribution in [1.29, 1.82) is 0 Å². The second-order valence-electron chi connectivity index (χ2n) is 9.50. The summed E-state index contributed by atoms with van der Waals surface area (Å²) in [7, 11) is 0. The number of dihydropyridines is 1. The van der Waals surface area contributed by atoms with Crippen molar-refractivity contribution in [2.75, 3.05) is 6.61 Å². The monoisotopic (exact) mass is 445 g/mol. The zero-order chi connectivity index (χ0) is 23.6. The van der Waals surface area contributed by atoms with Gasteiger partial charge in [0.25, 0.3) is 0 Å². The summed E-state index contributed by atoms with van der Waals surface area (Å²) < 4.78 is 11.4. The van der Waals surface area contributed by atoms with Crippen LogP contribution in [0.15, 0.2) is 77.1 Å². The van der Waals surface area contributed by atoms with E-state index in [9.17, 15) is 9.59 Å². The normalized spacial score (nSPS) is 19.6. The summed E-state index contributed by atoms with van der Waals surface area (Å²) in [5.74, 6) is -0.122. The van der Waals surface area contributed by atoms with E-state index in [0.717, 1.165) is 28.9 Å². The third-order valence-corrected chi connectivity index (χ3v) is 6.17. The molecule has 2 aliphatic rings. The van der Waals surface area contributed by atoms with Crippen LogP contribution in [0.2, 0.25) is 0 Å². The number of ketones is 1. The fourth-order valence-electron chi connectivity index (χ4n) is 4.79. The Morgan fingerprint density at radius 2 is 1.85 bits per heavy atom. The van der Waals surface area contributed by atoms with Crippen LogP contribution in [0.3, 0.4) is 0 Å². The molecule has 0 unspecified atom stereocenters. The Hall–Kier alpha value is -3.34. The summed E-state index contributed by atoms with van der Waals surface area (Å²) in [5.41, 5.74) is 4.41. The summed E-state index contributed by atoms with van der Waals surface area (Å²) in [5, 5.41) is 3.38. The molecule has 1 aliphatic heterocycles. The van der Waals surface area contributed by atoms with Gasteiger partial charge in [-0.3, -0.25) is 4.79 Å². The molecule has 5 nitrogen and oxygen atoms in total. The zero-order valence-electron chi connectivity index (χ0n) is 19.7. The minimum atomic E-state index is -0.492. The minimum Gasteiger partial charge on any atom is -0.494 e. The molecule has 2 aromatic rings. The number of ether oxygens (including phenoxy) is 2. The second-order valence-corrected chi connectivity index (χ2v) is 9.50. The maximum atomic E-state index is 13.4. The molecule has 2 aromatic carbocycles. The summed E-state index contributed by atoms with van der Waals surface area (Å²) in [6.07, 6.45) is 1.19. The number of carbonyl (C=O) groups is 2. The number of hydrogen-bond acceptors (Lipinski definition) is 5. The number of carbonyl (C=O) groups excluding carboxylic acids is 2. The quantitative estimate of drug-likeness (QED) is 0.601. The van der Waals surface area contributed by atoms with Gasteiger partial charge in [-0.25, -0.2) is 4.79 Å². The van der Waals surface area contributed by atoms with E-state index in [0.29, 0.717) is 29.9 Å². The van der Waals surface area contributed by atoms with E-state index in [-0.39, 0.29) is 17.8 Å². The highest BCUT2D eigenvalue weighted by atomic mass is 16.5. The van der Waals surface area contributed by atoms with Crippen LogP contribution in [-0.2, 0) is 20.9 Å². The van der Waals surface area contributed by atoms with Gasteiger partial charge in [0.2, 0.25) is 0 Å². The zero-order valence-corrected chi connectivity index (χ0v) is 19.7. The summed E-state index contributed by atoms with van der Waals surface area (Å²) in [6.45, 7) is 8.73. The molecule has 172 valence electrons. The lowest BCUT2D eigenvalue weighted by atomic mass is 9.68. The van der Waals surface area contributed by atoms with Crippen molar-refractivity contribution in [3.05, 3.63) is 88.3 Å². The Morgan fingerprint density at radius 3 is 2.58 bits per heavy atom. The third-order valence-electron chi connectivity index (χ3n) is 6.17. The Kier molecular flexibility index (Phi) is 6.41. The molecule has 1 N–H and O–H groups in total. The number of esters is 1. The van der Waals surface area contributed by atoms with Crippen molar-refractivity contribution < 1.29 is 19.1 Å². The van der Waals surface area contributed by atoms with Crippen LogP contribution in [0.4, 0.5) is 0 Å². The van der Waals surface area contributed by atoms with Crippen LogP contribution in [0.1, 0.15) is 57.6 Å². The van der Waals surface area contributed by atoms with Crippen molar-refractivity contribution >= 4 is 11.8 Å². The van der Waals surface area contributed by atoms with E-state index >= 15 is 0 Å². The average Bonchev–Trinajstić information content (AvgIpc) is 2.77. The number of benzene rings is 2. The molecular formula is C28H31NO4. The maximum absolute atomic E-state index is 13.4. The Labute approximate surface area is 195 Å². The van der Waals surface area contributed by atoms with Gasteiger partial charge in [0, 0.05) is 29.3 Å². The molecule has 4 rings (SSSR count). The van der Waals surface area contributed by atoms with E-state index < -0.39 is 11.9 Å². The van der Waals surface area contributed by atoms with Crippen LogP contribution < -0.4 is 10.1 Å². The van der Waals surface area contributed by atoms with E-state index in [1.807, 2.05) is 68.4 Å². The predicted molar refractivity (Wildman–Crippen MR) is 127 cm³/mol. The van der Waals surface area contributed by atoms with E-state index in [1.54, 1.807) is 0 Å². The number of Topliss-reactive ketones (excluding diaryl/α,β-unsaturated/α-hetero) is 1. The van der Waals surface area contributed by atoms with Gasteiger partial charge in [0.15, 0.2) is 5.78 Å². The van der Waals surface area contributed by atoms with Gasteiger partial charge in [-0.2, -0.15) is 0 Å². The van der Waals surface area contributed by atoms with Crippen molar-refractivity contribution in [3.8, 4) is 5.75 Å². The summed E-state index contributed by atoms with van der Waals surface area (Å²) >= 11 is 0. The Morgan fingerprint density at radius 1 is 1.09 bits per heavy atom. The van der Waals surface area contributed by atoms with Gasteiger partial charge in [-0.1, -0.05) is 56.3 Å². The van der Waals surface area contributed by atoms with Crippen molar-refractivity contribution in [3.63, 3.8) is 0 Å². The van der Waals surface area contributed by atoms with Crippen LogP contribution in [0.5, 0.6) is 5.75 Å². The number of allylic oxidation sites excluding steroid dienone is 3. The molecule has 0 radical (unpaired) electrons. The molecule has 0 saturated heterocycles. The van der Waals surface area contributed by atoms with Gasteiger partial charge >= 0.3 is 5.97 Å². The molecular weight excluding hydrogens is 414 g/mol. The first-order valence-electron chi connectivity index (χ1n) is 11.5. The van der Waals surface area contributed by atoms with Gasteiger partial charge < -0.3 is 14.8 Å². The summed E-state index contributed by atoms with van der Waals surface area (Å²) in [6, 6.07) is 17.3. The molecule has 0 amide bonds. The molecule has 1 atom stereocenters. The van der Waals surface area contributed by atoms with Crippen LogP contribution in [-0.4, -0.2) is 18.4 Å². The molecule has 0 bridgehead atoms. The second kappa shape index (κ2) is 9.26. The van der Waals surface area contributed by atoms with Gasteiger partial charge in [-0.05, 0) is 48.9 Å². The lowest BCUT2D eigenvalue weighted by Crippen LogP contribution is -2.38. The number of hydrogen-bond donors (Lipinski definition) is 1. The largest absolute Gasteiger partial charge is 0.494 e. The lowest BCUT2D eigenvalue weighted by molar-refractivity contribution is -0.140. The highest BCUT2D eigenvalue weighted by molar-refractivity contribution is 6.04. The highest BCUT2D eigenvalue weighted by Crippen LogP contribution is 2.47. The van der Waals surface area contributed by atoms with Gasteiger partial charge in [0.1, 0.15) is 12.4 Å². The molecule has 0 saturated carbocycles. The molecule has 0 fully saturated rings. The smallest absolute Gasteiger partial charge is 0.337 e. The molecule has 1 aliphatic carbocycles. The van der Waals surface area contributed by atoms with Crippen molar-refractivity contribution in [2.24, 2.45) is 5.41 Å². The molecule has 33 heavy (non-hydrogen) atoms. The first-order valence-corrected chi connectivity index (χ1v) is 11.5. The first kappa shape index (κ1) is 22.8. The van der Waals surface area contributed by atoms with Crippen molar-refractivity contribution in [1.82, 2.24) is 5.32 Å². The summed E-state index contributed by atoms with van der Waals surface area (Å²) in [4.78, 5) is 26.8.